The number of aliphatic hydroxyl groups excluding tert-OH is 6. The summed E-state index contributed by atoms with van der Waals surface area (Å²) in [5, 5.41) is 68.1. The summed E-state index contributed by atoms with van der Waals surface area (Å²) in [7, 11) is 1.71. The number of nitrogens with one attached hydrogen (secondary N) is 2. The smallest absolute Gasteiger partial charge is 0.217 e. The van der Waals surface area contributed by atoms with Gasteiger partial charge in [0.15, 0.2) is 12.6 Å². The number of hydrogen-bond acceptors (Lipinski definition) is 14. The highest BCUT2D eigenvalue weighted by Gasteiger charge is 2.52. The maximum Gasteiger partial charge on any atom is 0.217 e. The third-order valence-corrected chi connectivity index (χ3v) is 7.39. The first-order valence-corrected chi connectivity index (χ1v) is 12.5. The fourth-order valence-electron chi connectivity index (χ4n) is 5.15. The first-order valence-electron chi connectivity index (χ1n) is 12.5. The van der Waals surface area contributed by atoms with Crippen molar-refractivity contribution in [2.24, 2.45) is 17.4 Å². The normalized spacial score (nSPS) is 49.0. The van der Waals surface area contributed by atoms with Crippen LogP contribution in [0.2, 0.25) is 0 Å². The van der Waals surface area contributed by atoms with Gasteiger partial charge < -0.3 is 71.7 Å². The van der Waals surface area contributed by atoms with Crippen LogP contribution < -0.4 is 22.1 Å². The van der Waals surface area contributed by atoms with Crippen LogP contribution in [-0.2, 0) is 23.7 Å². The maximum atomic E-state index is 11.9. The summed E-state index contributed by atoms with van der Waals surface area (Å²) in [6.45, 7) is 2.77. The van der Waals surface area contributed by atoms with Crippen molar-refractivity contribution in [3.8, 4) is 0 Å². The SMILES string of the molecule is CNCC1OC(OC2C(N)CC(NC(C)=O)C(OC3OC(CO)C(O)C(N)C3O)C2O)C(O)C(O)C1C. The van der Waals surface area contributed by atoms with E-state index in [4.69, 9.17) is 30.4 Å². The van der Waals surface area contributed by atoms with Crippen LogP contribution in [-0.4, -0.2) is 142 Å². The molecule has 0 bridgehead atoms. The summed E-state index contributed by atoms with van der Waals surface area (Å²) < 4.78 is 23.1. The lowest BCUT2D eigenvalue weighted by Gasteiger charge is -2.49. The molecule has 1 aliphatic carbocycles. The molecule has 15 nitrogen and oxygen atoms in total. The molecule has 15 unspecified atom stereocenters. The standard InChI is InChI=1S/C22H42N4O11/c1-7-11(5-25-3)34-22(17(32)14(7)29)36-19-9(23)4-10(26-8(2)28)20(18(19)33)37-21-16(31)13(24)15(30)12(6-27)35-21/h7,9-22,25,27,29-33H,4-6,23-24H2,1-3H3,(H,26,28). The fraction of sp³-hybridized carbons (Fsp3) is 0.955. The van der Waals surface area contributed by atoms with E-state index in [1.54, 1.807) is 14.0 Å². The van der Waals surface area contributed by atoms with Gasteiger partial charge >= 0.3 is 0 Å². The number of ether oxygens (including phenoxy) is 4. The summed E-state index contributed by atoms with van der Waals surface area (Å²) >= 11 is 0. The Labute approximate surface area is 215 Å². The summed E-state index contributed by atoms with van der Waals surface area (Å²) in [5.74, 6) is -0.836. The van der Waals surface area contributed by atoms with E-state index in [-0.39, 0.29) is 6.42 Å². The number of nitrogens with two attached hydrogens (primary N) is 2. The molecule has 216 valence electrons. The van der Waals surface area contributed by atoms with Gasteiger partial charge in [0.25, 0.3) is 0 Å². The fourth-order valence-corrected chi connectivity index (χ4v) is 5.15. The number of amides is 1. The number of carbonyl (C=O) groups excluding carboxylic acids is 1. The maximum absolute atomic E-state index is 11.9. The Morgan fingerprint density at radius 1 is 0.919 bits per heavy atom. The minimum atomic E-state index is -1.53. The number of likely N-dealkylation sites (N-methyl/N-ethyl adjacent to an activating group) is 1. The van der Waals surface area contributed by atoms with Gasteiger partial charge in [-0.1, -0.05) is 6.92 Å². The van der Waals surface area contributed by atoms with E-state index in [0.717, 1.165) is 0 Å². The molecule has 0 aromatic carbocycles. The molecule has 15 atom stereocenters. The van der Waals surface area contributed by atoms with Gasteiger partial charge in [-0.15, -0.1) is 0 Å². The van der Waals surface area contributed by atoms with E-state index in [9.17, 15) is 35.4 Å². The molecule has 1 saturated carbocycles. The lowest BCUT2D eigenvalue weighted by Crippen LogP contribution is -2.69. The van der Waals surface area contributed by atoms with Crippen LogP contribution in [0.3, 0.4) is 0 Å². The van der Waals surface area contributed by atoms with Gasteiger partial charge in [-0.3, -0.25) is 4.79 Å². The molecule has 0 radical (unpaired) electrons. The average Bonchev–Trinajstić information content (AvgIpc) is 2.84. The van der Waals surface area contributed by atoms with Crippen molar-refractivity contribution in [2.45, 2.75) is 106 Å². The summed E-state index contributed by atoms with van der Waals surface area (Å²) in [6.07, 6.45) is -13.8. The van der Waals surface area contributed by atoms with E-state index in [2.05, 4.69) is 10.6 Å². The highest BCUT2D eigenvalue weighted by molar-refractivity contribution is 5.73. The van der Waals surface area contributed by atoms with E-state index in [1.807, 2.05) is 0 Å². The zero-order valence-corrected chi connectivity index (χ0v) is 21.2. The quantitative estimate of drug-likeness (QED) is 0.138. The molecule has 2 aliphatic heterocycles. The molecule has 0 aromatic rings. The lowest BCUT2D eigenvalue weighted by molar-refractivity contribution is -0.328. The van der Waals surface area contributed by atoms with Crippen LogP contribution in [0.25, 0.3) is 0 Å². The molecule has 0 aromatic heterocycles. The van der Waals surface area contributed by atoms with Crippen LogP contribution in [0.1, 0.15) is 20.3 Å². The van der Waals surface area contributed by atoms with Crippen LogP contribution in [0.4, 0.5) is 0 Å². The molecule has 3 aliphatic rings. The Morgan fingerprint density at radius 2 is 1.51 bits per heavy atom. The van der Waals surface area contributed by atoms with Crippen LogP contribution in [0.15, 0.2) is 0 Å². The topological polar surface area (TPSA) is 251 Å². The molecule has 37 heavy (non-hydrogen) atoms. The third-order valence-electron chi connectivity index (χ3n) is 7.39. The molecule has 12 N–H and O–H groups in total. The molecule has 0 spiro atoms. The van der Waals surface area contributed by atoms with Crippen molar-refractivity contribution in [1.29, 1.82) is 0 Å². The molecule has 2 heterocycles. The Kier molecular flexibility index (Phi) is 10.6. The molecule has 15 heteroatoms. The summed E-state index contributed by atoms with van der Waals surface area (Å²) in [5.41, 5.74) is 12.2. The van der Waals surface area contributed by atoms with Crippen LogP contribution in [0.5, 0.6) is 0 Å². The van der Waals surface area contributed by atoms with Gasteiger partial charge in [0.2, 0.25) is 5.91 Å². The van der Waals surface area contributed by atoms with Crippen molar-refractivity contribution in [2.75, 3.05) is 20.2 Å². The monoisotopic (exact) mass is 538 g/mol. The highest BCUT2D eigenvalue weighted by Crippen LogP contribution is 2.33. The first kappa shape index (κ1) is 30.5. The van der Waals surface area contributed by atoms with Gasteiger partial charge in [0.1, 0.15) is 42.7 Å². The Balaban J connectivity index is 1.81. The number of hydrogen-bond donors (Lipinski definition) is 10. The Morgan fingerprint density at radius 3 is 2.11 bits per heavy atom. The minimum Gasteiger partial charge on any atom is -0.394 e. The highest BCUT2D eigenvalue weighted by atomic mass is 16.7. The van der Waals surface area contributed by atoms with Crippen molar-refractivity contribution in [3.63, 3.8) is 0 Å². The van der Waals surface area contributed by atoms with E-state index in [0.29, 0.717) is 6.54 Å². The van der Waals surface area contributed by atoms with Gasteiger partial charge in [-0.2, -0.15) is 0 Å². The van der Waals surface area contributed by atoms with Crippen molar-refractivity contribution < 1.29 is 54.4 Å². The van der Waals surface area contributed by atoms with Gasteiger partial charge in [0.05, 0.1) is 30.9 Å². The molecule has 3 fully saturated rings. The largest absolute Gasteiger partial charge is 0.394 e. The minimum absolute atomic E-state index is 0.0641. The van der Waals surface area contributed by atoms with E-state index in [1.165, 1.54) is 6.92 Å². The zero-order chi connectivity index (χ0) is 27.6. The van der Waals surface area contributed by atoms with Crippen LogP contribution in [0, 0.1) is 5.92 Å². The molecule has 2 saturated heterocycles. The Bertz CT molecular complexity index is 751. The van der Waals surface area contributed by atoms with Crippen molar-refractivity contribution >= 4 is 5.91 Å². The average molecular weight is 539 g/mol. The molecule has 1 amide bonds. The van der Waals surface area contributed by atoms with Crippen molar-refractivity contribution in [3.05, 3.63) is 0 Å². The predicted molar refractivity (Wildman–Crippen MR) is 125 cm³/mol. The van der Waals surface area contributed by atoms with Gasteiger partial charge in [0, 0.05) is 25.4 Å². The zero-order valence-electron chi connectivity index (χ0n) is 21.2. The van der Waals surface area contributed by atoms with Gasteiger partial charge in [-0.25, -0.2) is 0 Å². The third kappa shape index (κ3) is 6.58. The predicted octanol–water partition coefficient (Wildman–Crippen LogP) is -5.58. The molecule has 3 rings (SSSR count). The first-order chi connectivity index (χ1) is 17.4. The number of carbonyl (C=O) groups is 1. The summed E-state index contributed by atoms with van der Waals surface area (Å²) in [4.78, 5) is 11.9. The molecular formula is C22H42N4O11. The van der Waals surface area contributed by atoms with Gasteiger partial charge in [-0.05, 0) is 13.5 Å². The second-order valence-corrected chi connectivity index (χ2v) is 10.1. The lowest BCUT2D eigenvalue weighted by atomic mass is 9.83. The number of aliphatic hydroxyl groups is 6. The summed E-state index contributed by atoms with van der Waals surface area (Å²) in [6, 6.07) is -2.91. The van der Waals surface area contributed by atoms with Crippen LogP contribution >= 0.6 is 0 Å². The van der Waals surface area contributed by atoms with E-state index >= 15 is 0 Å². The van der Waals surface area contributed by atoms with E-state index < -0.39 is 104 Å². The Hall–Kier alpha value is -1.05. The second kappa shape index (κ2) is 12.9. The molecular weight excluding hydrogens is 496 g/mol. The van der Waals surface area contributed by atoms with Crippen molar-refractivity contribution in [1.82, 2.24) is 10.6 Å². The second-order valence-electron chi connectivity index (χ2n) is 10.1. The number of rotatable bonds is 8.